The minimum absolute atomic E-state index is 0.0684. The highest BCUT2D eigenvalue weighted by Crippen LogP contribution is 2.29. The van der Waals surface area contributed by atoms with E-state index in [1.807, 2.05) is 60.0 Å². The molecule has 0 aliphatic carbocycles. The van der Waals surface area contributed by atoms with Crippen molar-refractivity contribution in [3.05, 3.63) is 72.6 Å². The second-order valence-corrected chi connectivity index (χ2v) is 7.67. The molecule has 0 unspecified atom stereocenters. The molecule has 2 heterocycles. The van der Waals surface area contributed by atoms with Crippen molar-refractivity contribution < 1.29 is 9.21 Å². The van der Waals surface area contributed by atoms with E-state index in [0.29, 0.717) is 22.5 Å². The third kappa shape index (κ3) is 4.00. The van der Waals surface area contributed by atoms with E-state index in [1.165, 1.54) is 23.1 Å². The van der Waals surface area contributed by atoms with Crippen molar-refractivity contribution in [3.63, 3.8) is 0 Å². The highest BCUT2D eigenvalue weighted by Gasteiger charge is 2.19. The number of nitrogens with zero attached hydrogens (tertiary/aromatic N) is 3. The van der Waals surface area contributed by atoms with Gasteiger partial charge in [-0.3, -0.25) is 9.69 Å². The Morgan fingerprint density at radius 2 is 1.93 bits per heavy atom. The van der Waals surface area contributed by atoms with Gasteiger partial charge in [0.15, 0.2) is 10.7 Å². The normalized spacial score (nSPS) is 10.9. The maximum absolute atomic E-state index is 12.8. The molecule has 2 aromatic carbocycles. The van der Waals surface area contributed by atoms with Crippen molar-refractivity contribution >= 4 is 45.2 Å². The molecular formula is C21H17N3O2S2. The molecule has 0 spiro atoms. The van der Waals surface area contributed by atoms with Crippen LogP contribution in [0.25, 0.3) is 22.4 Å². The van der Waals surface area contributed by atoms with Crippen molar-refractivity contribution in [3.8, 4) is 11.3 Å². The van der Waals surface area contributed by atoms with Crippen LogP contribution in [0.4, 0.5) is 5.13 Å². The zero-order valence-electron chi connectivity index (χ0n) is 14.9. The topological polar surface area (TPSA) is 59.2 Å². The lowest BCUT2D eigenvalue weighted by Gasteiger charge is -2.17. The number of carbonyl (C=O) groups excluding carboxylic acids is 1. The number of para-hydroxylation sites is 2. The van der Waals surface area contributed by atoms with Crippen LogP contribution in [0.2, 0.25) is 0 Å². The van der Waals surface area contributed by atoms with E-state index >= 15 is 0 Å². The lowest BCUT2D eigenvalue weighted by atomic mass is 10.2. The van der Waals surface area contributed by atoms with Gasteiger partial charge in [0.05, 0.1) is 11.4 Å². The SMILES string of the molecule is C=CCN(C(=O)CSc1nc2ccccc2o1)c1nc(-c2ccccc2)cs1. The summed E-state index contributed by atoms with van der Waals surface area (Å²) in [6, 6.07) is 17.5. The maximum Gasteiger partial charge on any atom is 0.257 e. The fourth-order valence-corrected chi connectivity index (χ4v) is 4.23. The average molecular weight is 408 g/mol. The minimum Gasteiger partial charge on any atom is -0.431 e. The number of fused-ring (bicyclic) bond motifs is 1. The minimum atomic E-state index is -0.0684. The molecule has 0 fully saturated rings. The molecule has 7 heteroatoms. The van der Waals surface area contributed by atoms with Crippen LogP contribution >= 0.6 is 23.1 Å². The molecule has 2 aromatic heterocycles. The summed E-state index contributed by atoms with van der Waals surface area (Å²) in [5, 5.41) is 3.10. The van der Waals surface area contributed by atoms with Crippen molar-refractivity contribution in [2.24, 2.45) is 0 Å². The lowest BCUT2D eigenvalue weighted by molar-refractivity contribution is -0.116. The fraction of sp³-hybridized carbons (Fsp3) is 0.0952. The third-order valence-corrected chi connectivity index (χ3v) is 5.68. The maximum atomic E-state index is 12.8. The van der Waals surface area contributed by atoms with E-state index in [4.69, 9.17) is 4.42 Å². The van der Waals surface area contributed by atoms with Gasteiger partial charge in [-0.15, -0.1) is 17.9 Å². The molecule has 0 N–H and O–H groups in total. The van der Waals surface area contributed by atoms with Gasteiger partial charge in [0.2, 0.25) is 5.91 Å². The molecule has 0 atom stereocenters. The Morgan fingerprint density at radius 1 is 1.14 bits per heavy atom. The molecule has 1 amide bonds. The molecule has 4 aromatic rings. The molecule has 0 aliphatic heterocycles. The number of benzene rings is 2. The van der Waals surface area contributed by atoms with Gasteiger partial charge in [0.1, 0.15) is 5.52 Å². The number of hydrogen-bond donors (Lipinski definition) is 0. The Labute approximate surface area is 170 Å². The summed E-state index contributed by atoms with van der Waals surface area (Å²) >= 11 is 2.72. The lowest BCUT2D eigenvalue weighted by Crippen LogP contribution is -2.32. The van der Waals surface area contributed by atoms with E-state index in [9.17, 15) is 4.79 Å². The molecule has 140 valence electrons. The molecule has 4 rings (SSSR count). The van der Waals surface area contributed by atoms with Crippen LogP contribution in [-0.4, -0.2) is 28.2 Å². The first-order valence-corrected chi connectivity index (χ1v) is 10.5. The number of thiazole rings is 1. The van der Waals surface area contributed by atoms with Gasteiger partial charge in [-0.25, -0.2) is 9.97 Å². The van der Waals surface area contributed by atoms with Crippen molar-refractivity contribution in [1.82, 2.24) is 9.97 Å². The van der Waals surface area contributed by atoms with Crippen LogP contribution in [0.3, 0.4) is 0 Å². The summed E-state index contributed by atoms with van der Waals surface area (Å²) < 4.78 is 5.67. The van der Waals surface area contributed by atoms with Crippen LogP contribution in [0.15, 0.2) is 82.3 Å². The molecule has 5 nitrogen and oxygen atoms in total. The number of amides is 1. The smallest absolute Gasteiger partial charge is 0.257 e. The van der Waals surface area contributed by atoms with Crippen molar-refractivity contribution in [1.29, 1.82) is 0 Å². The van der Waals surface area contributed by atoms with Crippen LogP contribution in [-0.2, 0) is 4.79 Å². The predicted octanol–water partition coefficient (Wildman–Crippen LogP) is 5.26. The predicted molar refractivity (Wildman–Crippen MR) is 115 cm³/mol. The van der Waals surface area contributed by atoms with Gasteiger partial charge in [0.25, 0.3) is 5.22 Å². The quantitative estimate of drug-likeness (QED) is 0.309. The molecule has 0 bridgehead atoms. The van der Waals surface area contributed by atoms with Gasteiger partial charge < -0.3 is 4.42 Å². The van der Waals surface area contributed by atoms with Gasteiger partial charge in [-0.2, -0.15) is 0 Å². The summed E-state index contributed by atoms with van der Waals surface area (Å²) in [5.74, 6) is 0.141. The third-order valence-electron chi connectivity index (χ3n) is 4.00. The van der Waals surface area contributed by atoms with Gasteiger partial charge in [-0.05, 0) is 12.1 Å². The zero-order valence-corrected chi connectivity index (χ0v) is 16.6. The highest BCUT2D eigenvalue weighted by atomic mass is 32.2. The molecule has 0 aliphatic rings. The summed E-state index contributed by atoms with van der Waals surface area (Å²) in [4.78, 5) is 23.5. The first-order valence-electron chi connectivity index (χ1n) is 8.65. The Hall–Kier alpha value is -2.90. The fourth-order valence-electron chi connectivity index (χ4n) is 2.66. The summed E-state index contributed by atoms with van der Waals surface area (Å²) in [7, 11) is 0. The second-order valence-electron chi connectivity index (χ2n) is 5.91. The van der Waals surface area contributed by atoms with Crippen molar-refractivity contribution in [2.45, 2.75) is 5.22 Å². The van der Waals surface area contributed by atoms with Crippen LogP contribution in [0.5, 0.6) is 0 Å². The average Bonchev–Trinajstić information content (AvgIpc) is 3.38. The number of anilines is 1. The molecule has 28 heavy (non-hydrogen) atoms. The summed E-state index contributed by atoms with van der Waals surface area (Å²) in [6.07, 6.45) is 1.70. The van der Waals surface area contributed by atoms with E-state index < -0.39 is 0 Å². The first-order chi connectivity index (χ1) is 13.7. The number of hydrogen-bond acceptors (Lipinski definition) is 6. The van der Waals surface area contributed by atoms with E-state index in [0.717, 1.165) is 16.8 Å². The highest BCUT2D eigenvalue weighted by molar-refractivity contribution is 7.99. The molecule has 0 saturated heterocycles. The largest absolute Gasteiger partial charge is 0.431 e. The van der Waals surface area contributed by atoms with Crippen LogP contribution < -0.4 is 4.90 Å². The van der Waals surface area contributed by atoms with Gasteiger partial charge in [0, 0.05) is 17.5 Å². The molecular weight excluding hydrogens is 390 g/mol. The Kier molecular flexibility index (Phi) is 5.55. The standard InChI is InChI=1S/C21H17N3O2S2/c1-2-12-24(20-22-17(13-27-20)15-8-4-3-5-9-15)19(25)14-28-21-23-16-10-6-7-11-18(16)26-21/h2-11,13H,1,12,14H2. The van der Waals surface area contributed by atoms with E-state index in [1.54, 1.807) is 11.0 Å². The van der Waals surface area contributed by atoms with Gasteiger partial charge >= 0.3 is 0 Å². The van der Waals surface area contributed by atoms with Crippen LogP contribution in [0, 0.1) is 0 Å². The molecule has 0 saturated carbocycles. The number of thioether (sulfide) groups is 1. The molecule has 0 radical (unpaired) electrons. The number of rotatable bonds is 7. The van der Waals surface area contributed by atoms with Crippen molar-refractivity contribution in [2.75, 3.05) is 17.2 Å². The van der Waals surface area contributed by atoms with Crippen LogP contribution in [0.1, 0.15) is 0 Å². The monoisotopic (exact) mass is 407 g/mol. The summed E-state index contributed by atoms with van der Waals surface area (Å²) in [6.45, 7) is 4.16. The Bertz CT molecular complexity index is 1070. The Morgan fingerprint density at radius 3 is 2.71 bits per heavy atom. The van der Waals surface area contributed by atoms with E-state index in [-0.39, 0.29) is 11.7 Å². The number of oxazole rings is 1. The Balaban J connectivity index is 1.48. The van der Waals surface area contributed by atoms with Gasteiger partial charge in [-0.1, -0.05) is 60.3 Å². The second kappa shape index (κ2) is 8.41. The number of aromatic nitrogens is 2. The summed E-state index contributed by atoms with van der Waals surface area (Å²) in [5.41, 5.74) is 3.38. The zero-order chi connectivity index (χ0) is 19.3. The number of carbonyl (C=O) groups is 1. The first kappa shape index (κ1) is 18.5. The van der Waals surface area contributed by atoms with E-state index in [2.05, 4.69) is 16.5 Å².